The van der Waals surface area contributed by atoms with Crippen LogP contribution in [0.3, 0.4) is 0 Å². The summed E-state index contributed by atoms with van der Waals surface area (Å²) in [6.07, 6.45) is 3.28. The van der Waals surface area contributed by atoms with Crippen LogP contribution in [0.2, 0.25) is 0 Å². The third kappa shape index (κ3) is 36.6. The molecular weight excluding hydrogens is 143 g/mol. The summed E-state index contributed by atoms with van der Waals surface area (Å²) < 4.78 is 0. The molecule has 48 valence electrons. The standard InChI is InChI=1S/2C3H5Cl/c2*1-2-3-4/h2*2H,1,3H2. The predicted octanol–water partition coefficient (Wildman–Crippen LogP) is 2.82. The zero-order chi connectivity index (χ0) is 6.83. The molecule has 0 spiro atoms. The van der Waals surface area contributed by atoms with Gasteiger partial charge in [0.05, 0.1) is 0 Å². The first-order valence-electron chi connectivity index (χ1n) is 2.17. The van der Waals surface area contributed by atoms with Crippen molar-refractivity contribution in [3.8, 4) is 0 Å². The zero-order valence-electron chi connectivity index (χ0n) is 4.74. The van der Waals surface area contributed by atoms with Gasteiger partial charge in [0.2, 0.25) is 0 Å². The lowest BCUT2D eigenvalue weighted by molar-refractivity contribution is 1.80. The summed E-state index contributed by atoms with van der Waals surface area (Å²) in [4.78, 5) is 0. The molecule has 0 aliphatic rings. The molecule has 0 rings (SSSR count). The molecule has 0 aliphatic heterocycles. The van der Waals surface area contributed by atoms with Crippen molar-refractivity contribution in [3.63, 3.8) is 0 Å². The smallest absolute Gasteiger partial charge is 0.0401 e. The van der Waals surface area contributed by atoms with Crippen molar-refractivity contribution in [1.82, 2.24) is 0 Å². The van der Waals surface area contributed by atoms with Crippen molar-refractivity contribution in [2.24, 2.45) is 0 Å². The fraction of sp³-hybridized carbons (Fsp3) is 0.333. The van der Waals surface area contributed by atoms with Crippen LogP contribution < -0.4 is 0 Å². The van der Waals surface area contributed by atoms with Gasteiger partial charge >= 0.3 is 0 Å². The molecule has 0 nitrogen and oxygen atoms in total. The highest BCUT2D eigenvalue weighted by atomic mass is 35.5. The quantitative estimate of drug-likeness (QED) is 0.422. The molecule has 0 aromatic heterocycles. The average Bonchev–Trinajstić information content (AvgIpc) is 1.88. The van der Waals surface area contributed by atoms with E-state index in [0.29, 0.717) is 11.8 Å². The summed E-state index contributed by atoms with van der Waals surface area (Å²) in [5.41, 5.74) is 0. The van der Waals surface area contributed by atoms with Crippen LogP contribution in [0.5, 0.6) is 0 Å². The van der Waals surface area contributed by atoms with E-state index in [9.17, 15) is 0 Å². The molecule has 0 heterocycles. The van der Waals surface area contributed by atoms with Gasteiger partial charge in [0.1, 0.15) is 0 Å². The Morgan fingerprint density at radius 3 is 1.12 bits per heavy atom. The first-order valence-corrected chi connectivity index (χ1v) is 3.24. The second kappa shape index (κ2) is 15.7. The molecule has 8 heavy (non-hydrogen) atoms. The van der Waals surface area contributed by atoms with E-state index < -0.39 is 0 Å². The number of hydrogen-bond donors (Lipinski definition) is 0. The van der Waals surface area contributed by atoms with Crippen LogP contribution in [0, 0.1) is 0 Å². The number of alkyl halides is 2. The topological polar surface area (TPSA) is 0 Å². The molecule has 0 bridgehead atoms. The minimum atomic E-state index is 0.556. The minimum absolute atomic E-state index is 0.556. The van der Waals surface area contributed by atoms with Crippen LogP contribution >= 0.6 is 23.2 Å². The lowest BCUT2D eigenvalue weighted by Gasteiger charge is -1.55. The molecule has 0 saturated heterocycles. The second-order valence-corrected chi connectivity index (χ2v) is 1.50. The summed E-state index contributed by atoms with van der Waals surface area (Å²) in [7, 11) is 0. The maximum atomic E-state index is 5.07. The van der Waals surface area contributed by atoms with Gasteiger partial charge < -0.3 is 0 Å². The number of allylic oxidation sites excluding steroid dienone is 2. The van der Waals surface area contributed by atoms with E-state index in [4.69, 9.17) is 23.2 Å². The summed E-state index contributed by atoms with van der Waals surface area (Å²) >= 11 is 10.1. The Morgan fingerprint density at radius 2 is 1.12 bits per heavy atom. The molecule has 0 aromatic rings. The highest BCUT2D eigenvalue weighted by molar-refractivity contribution is 6.19. The summed E-state index contributed by atoms with van der Waals surface area (Å²) in [5, 5.41) is 0. The molecule has 0 radical (unpaired) electrons. The highest BCUT2D eigenvalue weighted by Crippen LogP contribution is 1.67. The second-order valence-electron chi connectivity index (χ2n) is 0.886. The average molecular weight is 153 g/mol. The van der Waals surface area contributed by atoms with E-state index in [0.717, 1.165) is 0 Å². The molecule has 2 heteroatoms. The van der Waals surface area contributed by atoms with Crippen molar-refractivity contribution in [1.29, 1.82) is 0 Å². The largest absolute Gasteiger partial charge is 0.122 e. The molecule has 0 atom stereocenters. The molecule has 0 amide bonds. The summed E-state index contributed by atoms with van der Waals surface area (Å²) in [6, 6.07) is 0. The van der Waals surface area contributed by atoms with Crippen LogP contribution in [-0.2, 0) is 0 Å². The normalized spacial score (nSPS) is 6.25. The van der Waals surface area contributed by atoms with Crippen molar-refractivity contribution in [2.75, 3.05) is 11.8 Å². The van der Waals surface area contributed by atoms with Gasteiger partial charge in [-0.15, -0.1) is 36.4 Å². The third-order valence-corrected chi connectivity index (χ3v) is 0.655. The van der Waals surface area contributed by atoms with Gasteiger partial charge in [-0.2, -0.15) is 0 Å². The Balaban J connectivity index is 0. The van der Waals surface area contributed by atoms with Gasteiger partial charge in [-0.3, -0.25) is 0 Å². The van der Waals surface area contributed by atoms with Crippen LogP contribution in [0.15, 0.2) is 25.3 Å². The lowest BCUT2D eigenvalue weighted by Crippen LogP contribution is -1.45. The SMILES string of the molecule is C=CCCl.C=CCCl. The van der Waals surface area contributed by atoms with Crippen LogP contribution in [-0.4, -0.2) is 11.8 Å². The molecule has 0 saturated carbocycles. The van der Waals surface area contributed by atoms with Gasteiger partial charge in [0, 0.05) is 11.8 Å². The van der Waals surface area contributed by atoms with Crippen molar-refractivity contribution < 1.29 is 0 Å². The maximum Gasteiger partial charge on any atom is 0.0401 e. The fourth-order valence-corrected chi connectivity index (χ4v) is 0. The Labute approximate surface area is 60.8 Å². The third-order valence-electron chi connectivity index (χ3n) is 0.218. The van der Waals surface area contributed by atoms with Crippen LogP contribution in [0.25, 0.3) is 0 Å². The number of halogens is 2. The Kier molecular flexibility index (Phi) is 21.5. The maximum absolute atomic E-state index is 5.07. The number of rotatable bonds is 2. The van der Waals surface area contributed by atoms with E-state index in [2.05, 4.69) is 13.2 Å². The first-order chi connectivity index (χ1) is 3.83. The van der Waals surface area contributed by atoms with Crippen molar-refractivity contribution in [3.05, 3.63) is 25.3 Å². The summed E-state index contributed by atoms with van der Waals surface area (Å²) in [6.45, 7) is 6.69. The number of hydrogen-bond acceptors (Lipinski definition) is 0. The van der Waals surface area contributed by atoms with Crippen LogP contribution in [0.1, 0.15) is 0 Å². The van der Waals surface area contributed by atoms with E-state index >= 15 is 0 Å². The Bertz CT molecular complexity index is 42.5. The van der Waals surface area contributed by atoms with Gasteiger partial charge in [-0.25, -0.2) is 0 Å². The molecular formula is C6H10Cl2. The fourth-order valence-electron chi connectivity index (χ4n) is 0. The van der Waals surface area contributed by atoms with Gasteiger partial charge in [-0.05, 0) is 0 Å². The van der Waals surface area contributed by atoms with E-state index in [-0.39, 0.29) is 0 Å². The molecule has 0 unspecified atom stereocenters. The highest BCUT2D eigenvalue weighted by Gasteiger charge is 1.48. The monoisotopic (exact) mass is 152 g/mol. The zero-order valence-corrected chi connectivity index (χ0v) is 6.25. The van der Waals surface area contributed by atoms with E-state index in [1.54, 1.807) is 12.2 Å². The first kappa shape index (κ1) is 10.9. The van der Waals surface area contributed by atoms with E-state index in [1.807, 2.05) is 0 Å². The predicted molar refractivity (Wildman–Crippen MR) is 41.8 cm³/mol. The molecule has 0 N–H and O–H groups in total. The Morgan fingerprint density at radius 1 is 1.00 bits per heavy atom. The van der Waals surface area contributed by atoms with Crippen LogP contribution in [0.4, 0.5) is 0 Å². The molecule has 0 aliphatic carbocycles. The van der Waals surface area contributed by atoms with Gasteiger partial charge in [0.15, 0.2) is 0 Å². The van der Waals surface area contributed by atoms with E-state index in [1.165, 1.54) is 0 Å². The van der Waals surface area contributed by atoms with Crippen molar-refractivity contribution in [2.45, 2.75) is 0 Å². The van der Waals surface area contributed by atoms with Gasteiger partial charge in [-0.1, -0.05) is 12.2 Å². The van der Waals surface area contributed by atoms with Crippen molar-refractivity contribution >= 4 is 23.2 Å². The lowest BCUT2D eigenvalue weighted by atomic mass is 10.8. The molecule has 0 aromatic carbocycles. The van der Waals surface area contributed by atoms with Gasteiger partial charge in [0.25, 0.3) is 0 Å². The molecule has 0 fully saturated rings. The Hall–Kier alpha value is 0.0600. The minimum Gasteiger partial charge on any atom is -0.122 e. The summed E-state index contributed by atoms with van der Waals surface area (Å²) in [5.74, 6) is 1.11.